The Balaban J connectivity index is 0.00000204. The molecule has 3 aromatic heterocycles. The second kappa shape index (κ2) is 15.4. The highest BCUT2D eigenvalue weighted by molar-refractivity contribution is 5.86. The van der Waals surface area contributed by atoms with E-state index in [1.807, 2.05) is 55.0 Å². The van der Waals surface area contributed by atoms with E-state index in [0.717, 1.165) is 36.7 Å². The van der Waals surface area contributed by atoms with E-state index < -0.39 is 0 Å². The molecule has 0 aliphatic rings. The van der Waals surface area contributed by atoms with Gasteiger partial charge in [-0.05, 0) is 67.3 Å². The molecule has 1 aromatic carbocycles. The molecule has 4 aromatic rings. The SMILES string of the molecule is Cl.Cl.Cl.Cn1c(=O)c(OCCCNC(CCc2cccnc2)c2ccncc2)cc2ccccc21. The van der Waals surface area contributed by atoms with Crippen molar-refractivity contribution >= 4 is 48.1 Å². The Bertz CT molecular complexity index is 1210. The number of nitrogens with one attached hydrogen (secondary N) is 1. The van der Waals surface area contributed by atoms with Crippen molar-refractivity contribution in [2.24, 2.45) is 7.05 Å². The molecular formula is C26H31Cl3N4O2. The van der Waals surface area contributed by atoms with Crippen LogP contribution in [0.15, 0.2) is 84.2 Å². The van der Waals surface area contributed by atoms with E-state index in [1.165, 1.54) is 11.1 Å². The maximum Gasteiger partial charge on any atom is 0.293 e. The van der Waals surface area contributed by atoms with Crippen LogP contribution in [0.2, 0.25) is 0 Å². The number of para-hydroxylation sites is 1. The lowest BCUT2D eigenvalue weighted by molar-refractivity contribution is 0.299. The van der Waals surface area contributed by atoms with Crippen molar-refractivity contribution in [2.45, 2.75) is 25.3 Å². The largest absolute Gasteiger partial charge is 0.488 e. The molecule has 3 heterocycles. The first-order valence-corrected chi connectivity index (χ1v) is 11.0. The molecule has 188 valence electrons. The number of aryl methyl sites for hydroxylation is 2. The van der Waals surface area contributed by atoms with Gasteiger partial charge in [0.05, 0.1) is 12.1 Å². The van der Waals surface area contributed by atoms with Gasteiger partial charge in [0.1, 0.15) is 0 Å². The highest BCUT2D eigenvalue weighted by Crippen LogP contribution is 2.19. The average molecular weight is 538 g/mol. The second-order valence-electron chi connectivity index (χ2n) is 7.82. The Hall–Kier alpha value is -2.64. The molecular weight excluding hydrogens is 507 g/mol. The Morgan fingerprint density at radius 2 is 1.74 bits per heavy atom. The van der Waals surface area contributed by atoms with Crippen LogP contribution in [-0.4, -0.2) is 27.7 Å². The fraction of sp³-hybridized carbons (Fsp3) is 0.269. The first-order valence-electron chi connectivity index (χ1n) is 11.0. The summed E-state index contributed by atoms with van der Waals surface area (Å²) in [6.07, 6.45) is 10.1. The second-order valence-corrected chi connectivity index (χ2v) is 7.82. The zero-order valence-corrected chi connectivity index (χ0v) is 22.0. The van der Waals surface area contributed by atoms with Crippen LogP contribution in [0.4, 0.5) is 0 Å². The van der Waals surface area contributed by atoms with Crippen molar-refractivity contribution < 1.29 is 4.74 Å². The van der Waals surface area contributed by atoms with Gasteiger partial charge in [-0.25, -0.2) is 0 Å². The Labute approximate surface area is 224 Å². The van der Waals surface area contributed by atoms with Crippen LogP contribution in [0.5, 0.6) is 5.75 Å². The molecule has 6 nitrogen and oxygen atoms in total. The number of rotatable bonds is 10. The van der Waals surface area contributed by atoms with Gasteiger partial charge in [-0.2, -0.15) is 0 Å². The van der Waals surface area contributed by atoms with E-state index in [1.54, 1.807) is 17.8 Å². The number of ether oxygens (including phenoxy) is 1. The van der Waals surface area contributed by atoms with Gasteiger partial charge in [0.15, 0.2) is 5.75 Å². The molecule has 1 unspecified atom stereocenters. The number of hydrogen-bond donors (Lipinski definition) is 1. The molecule has 0 aliphatic heterocycles. The lowest BCUT2D eigenvalue weighted by atomic mass is 10.0. The number of benzene rings is 1. The van der Waals surface area contributed by atoms with Crippen molar-refractivity contribution in [2.75, 3.05) is 13.2 Å². The fourth-order valence-corrected chi connectivity index (χ4v) is 3.87. The molecule has 0 bridgehead atoms. The summed E-state index contributed by atoms with van der Waals surface area (Å²) < 4.78 is 7.49. The van der Waals surface area contributed by atoms with Gasteiger partial charge < -0.3 is 14.6 Å². The minimum absolute atomic E-state index is 0. The molecule has 9 heteroatoms. The summed E-state index contributed by atoms with van der Waals surface area (Å²) in [6.45, 7) is 1.26. The van der Waals surface area contributed by atoms with Crippen LogP contribution in [-0.2, 0) is 13.5 Å². The summed E-state index contributed by atoms with van der Waals surface area (Å²) >= 11 is 0. The van der Waals surface area contributed by atoms with Crippen molar-refractivity contribution in [1.29, 1.82) is 0 Å². The van der Waals surface area contributed by atoms with Gasteiger partial charge in [-0.1, -0.05) is 24.3 Å². The van der Waals surface area contributed by atoms with Gasteiger partial charge in [-0.3, -0.25) is 14.8 Å². The topological polar surface area (TPSA) is 69.0 Å². The summed E-state index contributed by atoms with van der Waals surface area (Å²) in [6, 6.07) is 18.1. The van der Waals surface area contributed by atoms with Gasteiger partial charge >= 0.3 is 0 Å². The maximum absolute atomic E-state index is 12.6. The summed E-state index contributed by atoms with van der Waals surface area (Å²) in [5.41, 5.74) is 3.24. The number of hydrogen-bond acceptors (Lipinski definition) is 5. The van der Waals surface area contributed by atoms with Crippen LogP contribution in [0.3, 0.4) is 0 Å². The van der Waals surface area contributed by atoms with Crippen LogP contribution in [0, 0.1) is 0 Å². The number of nitrogens with zero attached hydrogens (tertiary/aromatic N) is 3. The van der Waals surface area contributed by atoms with Crippen molar-refractivity contribution in [1.82, 2.24) is 19.9 Å². The Kier molecular flexibility index (Phi) is 13.3. The molecule has 0 radical (unpaired) electrons. The molecule has 0 amide bonds. The van der Waals surface area contributed by atoms with Crippen LogP contribution < -0.4 is 15.6 Å². The number of aromatic nitrogens is 3. The van der Waals surface area contributed by atoms with E-state index in [0.29, 0.717) is 12.4 Å². The molecule has 0 saturated carbocycles. The number of halogens is 3. The first-order chi connectivity index (χ1) is 15.7. The maximum atomic E-state index is 12.6. The third kappa shape index (κ3) is 8.22. The van der Waals surface area contributed by atoms with Gasteiger partial charge in [-0.15, -0.1) is 37.2 Å². The smallest absolute Gasteiger partial charge is 0.293 e. The number of fused-ring (bicyclic) bond motifs is 1. The zero-order valence-electron chi connectivity index (χ0n) is 19.5. The summed E-state index contributed by atoms with van der Waals surface area (Å²) in [4.78, 5) is 20.9. The molecule has 1 atom stereocenters. The normalized spacial score (nSPS) is 11.0. The van der Waals surface area contributed by atoms with Gasteiger partial charge in [0.2, 0.25) is 0 Å². The first kappa shape index (κ1) is 30.4. The lowest BCUT2D eigenvalue weighted by Crippen LogP contribution is -2.25. The Morgan fingerprint density at radius 1 is 0.971 bits per heavy atom. The fourth-order valence-electron chi connectivity index (χ4n) is 3.87. The monoisotopic (exact) mass is 536 g/mol. The predicted molar refractivity (Wildman–Crippen MR) is 149 cm³/mol. The highest BCUT2D eigenvalue weighted by atomic mass is 35.5. The van der Waals surface area contributed by atoms with E-state index in [2.05, 4.69) is 33.5 Å². The van der Waals surface area contributed by atoms with Crippen LogP contribution in [0.1, 0.15) is 30.0 Å². The van der Waals surface area contributed by atoms with Crippen LogP contribution in [0.25, 0.3) is 10.9 Å². The van der Waals surface area contributed by atoms with Crippen molar-refractivity contribution in [3.63, 3.8) is 0 Å². The van der Waals surface area contributed by atoms with E-state index in [4.69, 9.17) is 4.74 Å². The predicted octanol–water partition coefficient (Wildman–Crippen LogP) is 5.33. The van der Waals surface area contributed by atoms with E-state index >= 15 is 0 Å². The zero-order chi connectivity index (χ0) is 22.2. The molecule has 0 saturated heterocycles. The van der Waals surface area contributed by atoms with E-state index in [9.17, 15) is 4.79 Å². The van der Waals surface area contributed by atoms with Crippen LogP contribution >= 0.6 is 37.2 Å². The minimum Gasteiger partial charge on any atom is -0.488 e. The quantitative estimate of drug-likeness (QED) is 0.277. The minimum atomic E-state index is -0.109. The summed E-state index contributed by atoms with van der Waals surface area (Å²) in [7, 11) is 1.78. The molecule has 1 N–H and O–H groups in total. The molecule has 4 rings (SSSR count). The van der Waals surface area contributed by atoms with Gasteiger partial charge in [0.25, 0.3) is 5.56 Å². The van der Waals surface area contributed by atoms with Gasteiger partial charge in [0, 0.05) is 43.3 Å². The number of pyridine rings is 3. The third-order valence-corrected chi connectivity index (χ3v) is 5.62. The van der Waals surface area contributed by atoms with Crippen molar-refractivity contribution in [3.8, 4) is 5.75 Å². The standard InChI is InChI=1S/C26H28N4O2.3ClH/c1-30-24-8-3-2-7-22(24)18-25(26(30)31)32-17-5-14-29-23(21-11-15-27-16-12-21)10-9-20-6-4-13-28-19-20;;;/h2-4,6-8,11-13,15-16,18-19,23,29H,5,9-10,14,17H2,1H3;3*1H. The molecule has 0 fully saturated rings. The van der Waals surface area contributed by atoms with Crippen molar-refractivity contribution in [3.05, 3.63) is 101 Å². The van der Waals surface area contributed by atoms with E-state index in [-0.39, 0.29) is 48.8 Å². The highest BCUT2D eigenvalue weighted by Gasteiger charge is 2.12. The third-order valence-electron chi connectivity index (χ3n) is 5.62. The summed E-state index contributed by atoms with van der Waals surface area (Å²) in [5, 5.41) is 4.63. The molecule has 0 aliphatic carbocycles. The Morgan fingerprint density at radius 3 is 2.49 bits per heavy atom. The average Bonchev–Trinajstić information content (AvgIpc) is 2.85. The summed E-state index contributed by atoms with van der Waals surface area (Å²) in [5.74, 6) is 0.397. The lowest BCUT2D eigenvalue weighted by Gasteiger charge is -2.19. The molecule has 0 spiro atoms. The molecule has 35 heavy (non-hydrogen) atoms.